The maximum Gasteiger partial charge on any atom is 0.253 e. The molecule has 19 heavy (non-hydrogen) atoms. The highest BCUT2D eigenvalue weighted by molar-refractivity contribution is 5.94. The molecule has 3 heteroatoms. The molecule has 3 nitrogen and oxygen atoms in total. The third kappa shape index (κ3) is 3.25. The molecule has 2 aromatic rings. The number of hydrogen-bond acceptors (Lipinski definition) is 1. The van der Waals surface area contributed by atoms with Gasteiger partial charge in [0.2, 0.25) is 0 Å². The molecule has 0 N–H and O–H groups in total. The highest BCUT2D eigenvalue weighted by Gasteiger charge is 2.10. The lowest BCUT2D eigenvalue weighted by Gasteiger charge is -2.16. The number of unbranched alkanes of at least 4 members (excludes halogenated alkanes) is 1. The maximum absolute atomic E-state index is 12.2. The Balaban J connectivity index is 2.08. The number of amides is 1. The van der Waals surface area contributed by atoms with Gasteiger partial charge in [0, 0.05) is 37.2 Å². The van der Waals surface area contributed by atoms with E-state index in [4.69, 9.17) is 0 Å². The highest BCUT2D eigenvalue weighted by Crippen LogP contribution is 2.11. The molecule has 0 saturated heterocycles. The van der Waals surface area contributed by atoms with Crippen molar-refractivity contribution in [3.63, 3.8) is 0 Å². The molecule has 0 aliphatic carbocycles. The zero-order valence-corrected chi connectivity index (χ0v) is 11.5. The van der Waals surface area contributed by atoms with Crippen LogP contribution in [0.2, 0.25) is 0 Å². The monoisotopic (exact) mass is 256 g/mol. The van der Waals surface area contributed by atoms with Gasteiger partial charge in [0.15, 0.2) is 0 Å². The smallest absolute Gasteiger partial charge is 0.253 e. The van der Waals surface area contributed by atoms with E-state index < -0.39 is 0 Å². The summed E-state index contributed by atoms with van der Waals surface area (Å²) in [7, 11) is 1.86. The Morgan fingerprint density at radius 2 is 1.79 bits per heavy atom. The van der Waals surface area contributed by atoms with E-state index in [0.29, 0.717) is 0 Å². The van der Waals surface area contributed by atoms with E-state index in [0.717, 1.165) is 30.6 Å². The van der Waals surface area contributed by atoms with Crippen LogP contribution in [0.3, 0.4) is 0 Å². The van der Waals surface area contributed by atoms with Crippen molar-refractivity contribution < 1.29 is 4.79 Å². The lowest BCUT2D eigenvalue weighted by atomic mass is 10.1. The second-order valence-corrected chi connectivity index (χ2v) is 4.72. The predicted molar refractivity (Wildman–Crippen MR) is 77.6 cm³/mol. The highest BCUT2D eigenvalue weighted by atomic mass is 16.2. The van der Waals surface area contributed by atoms with E-state index in [2.05, 4.69) is 6.92 Å². The van der Waals surface area contributed by atoms with E-state index in [1.165, 1.54) is 0 Å². The number of nitrogens with zero attached hydrogens (tertiary/aromatic N) is 2. The van der Waals surface area contributed by atoms with Crippen LogP contribution in [0.1, 0.15) is 30.1 Å². The van der Waals surface area contributed by atoms with Crippen molar-refractivity contribution in [2.75, 3.05) is 13.6 Å². The Morgan fingerprint density at radius 3 is 2.37 bits per heavy atom. The van der Waals surface area contributed by atoms with E-state index in [9.17, 15) is 4.79 Å². The standard InChI is InChI=1S/C16H20N2O/c1-3-4-11-17(2)16(19)14-7-9-15(10-8-14)18-12-5-6-13-18/h5-10,12-13H,3-4,11H2,1-2H3. The minimum Gasteiger partial charge on any atom is -0.342 e. The summed E-state index contributed by atoms with van der Waals surface area (Å²) in [6, 6.07) is 11.7. The van der Waals surface area contributed by atoms with E-state index >= 15 is 0 Å². The first-order valence-electron chi connectivity index (χ1n) is 6.71. The molecule has 1 heterocycles. The van der Waals surface area contributed by atoms with Crippen molar-refractivity contribution in [2.45, 2.75) is 19.8 Å². The fourth-order valence-corrected chi connectivity index (χ4v) is 2.00. The quantitative estimate of drug-likeness (QED) is 0.805. The Hall–Kier alpha value is -2.03. The molecule has 1 aromatic heterocycles. The number of benzene rings is 1. The third-order valence-corrected chi connectivity index (χ3v) is 3.21. The molecular formula is C16H20N2O. The van der Waals surface area contributed by atoms with Crippen molar-refractivity contribution >= 4 is 5.91 Å². The molecule has 0 atom stereocenters. The first-order valence-corrected chi connectivity index (χ1v) is 6.71. The Kier molecular flexibility index (Phi) is 4.39. The van der Waals surface area contributed by atoms with E-state index in [1.807, 2.05) is 60.4 Å². The summed E-state index contributed by atoms with van der Waals surface area (Å²) in [5, 5.41) is 0. The molecule has 0 saturated carbocycles. The number of carbonyl (C=O) groups excluding carboxylic acids is 1. The van der Waals surface area contributed by atoms with Crippen LogP contribution >= 0.6 is 0 Å². The summed E-state index contributed by atoms with van der Waals surface area (Å²) in [5.41, 5.74) is 1.81. The van der Waals surface area contributed by atoms with Gasteiger partial charge in [-0.15, -0.1) is 0 Å². The number of aromatic nitrogens is 1. The van der Waals surface area contributed by atoms with Crippen molar-refractivity contribution in [3.8, 4) is 5.69 Å². The van der Waals surface area contributed by atoms with Crippen LogP contribution in [-0.4, -0.2) is 29.0 Å². The second kappa shape index (κ2) is 6.23. The van der Waals surface area contributed by atoms with Crippen LogP contribution in [0, 0.1) is 0 Å². The summed E-state index contributed by atoms with van der Waals surface area (Å²) in [4.78, 5) is 14.0. The van der Waals surface area contributed by atoms with E-state index in [-0.39, 0.29) is 5.91 Å². The molecule has 0 aliphatic heterocycles. The van der Waals surface area contributed by atoms with Crippen LogP contribution in [0.4, 0.5) is 0 Å². The predicted octanol–water partition coefficient (Wildman–Crippen LogP) is 3.35. The summed E-state index contributed by atoms with van der Waals surface area (Å²) in [6.45, 7) is 2.94. The molecule has 1 aromatic carbocycles. The van der Waals surface area contributed by atoms with Gasteiger partial charge >= 0.3 is 0 Å². The summed E-state index contributed by atoms with van der Waals surface area (Å²) < 4.78 is 2.02. The molecule has 0 spiro atoms. The van der Waals surface area contributed by atoms with Crippen LogP contribution in [0.25, 0.3) is 5.69 Å². The molecule has 0 bridgehead atoms. The van der Waals surface area contributed by atoms with Crippen molar-refractivity contribution in [1.29, 1.82) is 0 Å². The lowest BCUT2D eigenvalue weighted by Crippen LogP contribution is -2.27. The van der Waals surface area contributed by atoms with Crippen LogP contribution in [0.5, 0.6) is 0 Å². The minimum atomic E-state index is 0.0903. The van der Waals surface area contributed by atoms with Gasteiger partial charge in [0.25, 0.3) is 5.91 Å². The van der Waals surface area contributed by atoms with Gasteiger partial charge in [0.1, 0.15) is 0 Å². The first-order chi connectivity index (χ1) is 9.22. The minimum absolute atomic E-state index is 0.0903. The average Bonchev–Trinajstić information content (AvgIpc) is 2.98. The number of carbonyl (C=O) groups is 1. The summed E-state index contributed by atoms with van der Waals surface area (Å²) >= 11 is 0. The summed E-state index contributed by atoms with van der Waals surface area (Å²) in [6.07, 6.45) is 6.13. The second-order valence-electron chi connectivity index (χ2n) is 4.72. The Morgan fingerprint density at radius 1 is 1.16 bits per heavy atom. The number of rotatable bonds is 5. The molecule has 0 radical (unpaired) electrons. The zero-order chi connectivity index (χ0) is 13.7. The molecular weight excluding hydrogens is 236 g/mol. The third-order valence-electron chi connectivity index (χ3n) is 3.21. The molecule has 0 aliphatic rings. The van der Waals surface area contributed by atoms with Gasteiger partial charge in [-0.05, 0) is 42.8 Å². The van der Waals surface area contributed by atoms with Crippen LogP contribution in [0.15, 0.2) is 48.8 Å². The lowest BCUT2D eigenvalue weighted by molar-refractivity contribution is 0.0793. The van der Waals surface area contributed by atoms with Gasteiger partial charge in [0.05, 0.1) is 0 Å². The van der Waals surface area contributed by atoms with Crippen molar-refractivity contribution in [1.82, 2.24) is 9.47 Å². The topological polar surface area (TPSA) is 25.2 Å². The molecule has 2 rings (SSSR count). The van der Waals surface area contributed by atoms with Crippen molar-refractivity contribution in [3.05, 3.63) is 54.4 Å². The largest absolute Gasteiger partial charge is 0.342 e. The normalized spacial score (nSPS) is 10.4. The van der Waals surface area contributed by atoms with Gasteiger partial charge in [-0.1, -0.05) is 13.3 Å². The van der Waals surface area contributed by atoms with Crippen LogP contribution in [-0.2, 0) is 0 Å². The van der Waals surface area contributed by atoms with E-state index in [1.54, 1.807) is 4.90 Å². The average molecular weight is 256 g/mol. The van der Waals surface area contributed by atoms with Crippen molar-refractivity contribution in [2.24, 2.45) is 0 Å². The molecule has 1 amide bonds. The SMILES string of the molecule is CCCCN(C)C(=O)c1ccc(-n2cccc2)cc1. The first kappa shape index (κ1) is 13.4. The fourth-order valence-electron chi connectivity index (χ4n) is 2.00. The van der Waals surface area contributed by atoms with Gasteiger partial charge in [-0.25, -0.2) is 0 Å². The zero-order valence-electron chi connectivity index (χ0n) is 11.5. The maximum atomic E-state index is 12.2. The summed E-state index contributed by atoms with van der Waals surface area (Å²) in [5.74, 6) is 0.0903. The van der Waals surface area contributed by atoms with Gasteiger partial charge in [-0.3, -0.25) is 4.79 Å². The Labute approximate surface area is 114 Å². The Bertz CT molecular complexity index is 514. The number of hydrogen-bond donors (Lipinski definition) is 0. The van der Waals surface area contributed by atoms with Crippen LogP contribution < -0.4 is 0 Å². The molecule has 0 unspecified atom stereocenters. The molecule has 100 valence electrons. The van der Waals surface area contributed by atoms with Gasteiger partial charge < -0.3 is 9.47 Å². The molecule has 0 fully saturated rings. The fraction of sp³-hybridized carbons (Fsp3) is 0.312. The van der Waals surface area contributed by atoms with Gasteiger partial charge in [-0.2, -0.15) is 0 Å².